The molecule has 0 aromatic heterocycles. The molecule has 0 bridgehead atoms. The number of benzene rings is 1. The van der Waals surface area contributed by atoms with Crippen molar-refractivity contribution in [2.24, 2.45) is 17.4 Å². The van der Waals surface area contributed by atoms with Gasteiger partial charge in [-0.25, -0.2) is 0 Å². The molecule has 1 aromatic carbocycles. The van der Waals surface area contributed by atoms with Crippen molar-refractivity contribution in [2.45, 2.75) is 26.2 Å². The lowest BCUT2D eigenvalue weighted by atomic mass is 9.86. The lowest BCUT2D eigenvalue weighted by Gasteiger charge is -2.23. The van der Waals surface area contributed by atoms with Gasteiger partial charge < -0.3 is 16.2 Å². The summed E-state index contributed by atoms with van der Waals surface area (Å²) in [4.78, 5) is 0. The lowest BCUT2D eigenvalue weighted by Crippen LogP contribution is -2.28. The first-order chi connectivity index (χ1) is 8.17. The van der Waals surface area contributed by atoms with Crippen LogP contribution in [0, 0.1) is 5.92 Å². The summed E-state index contributed by atoms with van der Waals surface area (Å²) < 4.78 is 5.42. The van der Waals surface area contributed by atoms with Crippen molar-refractivity contribution in [1.82, 2.24) is 0 Å². The van der Waals surface area contributed by atoms with Crippen LogP contribution in [-0.2, 0) is 6.42 Å². The zero-order valence-electron chi connectivity index (χ0n) is 11.1. The molecule has 0 aliphatic rings. The van der Waals surface area contributed by atoms with Gasteiger partial charge >= 0.3 is 0 Å². The van der Waals surface area contributed by atoms with Crippen molar-refractivity contribution in [1.29, 1.82) is 0 Å². The maximum Gasteiger partial charge on any atom is 0.122 e. The minimum Gasteiger partial charge on any atom is -0.496 e. The molecule has 0 fully saturated rings. The number of nitrogens with two attached hydrogens (primary N) is 2. The van der Waals surface area contributed by atoms with E-state index in [0.717, 1.165) is 12.2 Å². The third-order valence-electron chi connectivity index (χ3n) is 3.51. The number of rotatable bonds is 6. The van der Waals surface area contributed by atoms with Crippen LogP contribution in [0.1, 0.15) is 30.9 Å². The van der Waals surface area contributed by atoms with Gasteiger partial charge in [-0.3, -0.25) is 0 Å². The molecule has 0 aliphatic carbocycles. The number of hydrogen-bond donors (Lipinski definition) is 2. The molecule has 17 heavy (non-hydrogen) atoms. The molecule has 0 radical (unpaired) electrons. The summed E-state index contributed by atoms with van der Waals surface area (Å²) in [5.41, 5.74) is 14.1. The molecule has 3 nitrogen and oxygen atoms in total. The van der Waals surface area contributed by atoms with Crippen LogP contribution in [0.15, 0.2) is 18.2 Å². The molecule has 3 heteroatoms. The van der Waals surface area contributed by atoms with Crippen molar-refractivity contribution in [3.05, 3.63) is 29.3 Å². The van der Waals surface area contributed by atoms with Gasteiger partial charge in [-0.05, 0) is 48.5 Å². The highest BCUT2D eigenvalue weighted by atomic mass is 16.5. The van der Waals surface area contributed by atoms with Gasteiger partial charge in [-0.15, -0.1) is 0 Å². The Morgan fingerprint density at radius 1 is 1.24 bits per heavy atom. The minimum absolute atomic E-state index is 0.302. The second-order valence-corrected chi connectivity index (χ2v) is 4.45. The summed E-state index contributed by atoms with van der Waals surface area (Å²) in [6, 6.07) is 6.35. The summed E-state index contributed by atoms with van der Waals surface area (Å²) >= 11 is 0. The smallest absolute Gasteiger partial charge is 0.122 e. The van der Waals surface area contributed by atoms with Crippen LogP contribution in [0.3, 0.4) is 0 Å². The van der Waals surface area contributed by atoms with E-state index in [0.29, 0.717) is 24.9 Å². The van der Waals surface area contributed by atoms with Gasteiger partial charge in [0.25, 0.3) is 0 Å². The number of aryl methyl sites for hydroxylation is 1. The first-order valence-corrected chi connectivity index (χ1v) is 6.24. The van der Waals surface area contributed by atoms with Gasteiger partial charge in [0.1, 0.15) is 5.75 Å². The van der Waals surface area contributed by atoms with Gasteiger partial charge in [-0.2, -0.15) is 0 Å². The molecule has 1 unspecified atom stereocenters. The molecule has 1 atom stereocenters. The molecule has 0 saturated heterocycles. The second kappa shape index (κ2) is 6.62. The number of methoxy groups -OCH3 is 1. The van der Waals surface area contributed by atoms with Gasteiger partial charge in [0, 0.05) is 0 Å². The van der Waals surface area contributed by atoms with E-state index in [1.54, 1.807) is 7.11 Å². The van der Waals surface area contributed by atoms with Crippen LogP contribution < -0.4 is 16.2 Å². The van der Waals surface area contributed by atoms with Crippen LogP contribution >= 0.6 is 0 Å². The van der Waals surface area contributed by atoms with E-state index in [9.17, 15) is 0 Å². The van der Waals surface area contributed by atoms with Crippen molar-refractivity contribution < 1.29 is 4.74 Å². The monoisotopic (exact) mass is 236 g/mol. The van der Waals surface area contributed by atoms with E-state index >= 15 is 0 Å². The molecule has 1 aromatic rings. The maximum atomic E-state index is 5.76. The summed E-state index contributed by atoms with van der Waals surface area (Å²) in [5, 5.41) is 0. The van der Waals surface area contributed by atoms with Crippen molar-refractivity contribution >= 4 is 0 Å². The molecule has 0 heterocycles. The number of ether oxygens (including phenoxy) is 1. The fraction of sp³-hybridized carbons (Fsp3) is 0.571. The Balaban J connectivity index is 3.08. The topological polar surface area (TPSA) is 61.3 Å². The molecule has 1 rings (SSSR count). The van der Waals surface area contributed by atoms with Crippen molar-refractivity contribution in [3.63, 3.8) is 0 Å². The molecular formula is C14H24N2O. The normalized spacial score (nSPS) is 12.8. The Labute approximate surface area is 104 Å². The third kappa shape index (κ3) is 3.20. The largest absolute Gasteiger partial charge is 0.496 e. The first kappa shape index (κ1) is 14.0. The van der Waals surface area contributed by atoms with E-state index in [2.05, 4.69) is 26.0 Å². The van der Waals surface area contributed by atoms with E-state index in [4.69, 9.17) is 16.2 Å². The average Bonchev–Trinajstić information content (AvgIpc) is 2.39. The SMILES string of the molecule is CCc1ccc(OC)c(C(C)C(CN)CN)c1. The lowest BCUT2D eigenvalue weighted by molar-refractivity contribution is 0.391. The minimum atomic E-state index is 0.302. The first-order valence-electron chi connectivity index (χ1n) is 6.24. The highest BCUT2D eigenvalue weighted by Crippen LogP contribution is 2.32. The van der Waals surface area contributed by atoms with E-state index < -0.39 is 0 Å². The predicted molar refractivity (Wildman–Crippen MR) is 72.4 cm³/mol. The molecule has 0 amide bonds. The molecule has 0 saturated carbocycles. The van der Waals surface area contributed by atoms with Crippen molar-refractivity contribution in [3.8, 4) is 5.75 Å². The average molecular weight is 236 g/mol. The second-order valence-electron chi connectivity index (χ2n) is 4.45. The van der Waals surface area contributed by atoms with Gasteiger partial charge in [0.05, 0.1) is 7.11 Å². The quantitative estimate of drug-likeness (QED) is 0.793. The zero-order chi connectivity index (χ0) is 12.8. The Hall–Kier alpha value is -1.06. The van der Waals surface area contributed by atoms with Crippen LogP contribution in [0.4, 0.5) is 0 Å². The molecule has 4 N–H and O–H groups in total. The van der Waals surface area contributed by atoms with E-state index in [-0.39, 0.29) is 0 Å². The molecule has 0 spiro atoms. The van der Waals surface area contributed by atoms with Gasteiger partial charge in [-0.1, -0.05) is 26.0 Å². The molecule has 96 valence electrons. The van der Waals surface area contributed by atoms with Gasteiger partial charge in [0.15, 0.2) is 0 Å². The Morgan fingerprint density at radius 2 is 1.88 bits per heavy atom. The van der Waals surface area contributed by atoms with Crippen LogP contribution in [0.25, 0.3) is 0 Å². The standard InChI is InChI=1S/C14H24N2O/c1-4-11-5-6-14(17-3)13(7-11)10(2)12(8-15)9-16/h5-7,10,12H,4,8-9,15-16H2,1-3H3. The Bertz CT molecular complexity index is 348. The summed E-state index contributed by atoms with van der Waals surface area (Å²) in [7, 11) is 1.71. The Kier molecular flexibility index (Phi) is 5.45. The van der Waals surface area contributed by atoms with Gasteiger partial charge in [0.2, 0.25) is 0 Å². The van der Waals surface area contributed by atoms with Crippen LogP contribution in [-0.4, -0.2) is 20.2 Å². The third-order valence-corrected chi connectivity index (χ3v) is 3.51. The number of hydrogen-bond acceptors (Lipinski definition) is 3. The maximum absolute atomic E-state index is 5.76. The summed E-state index contributed by atoms with van der Waals surface area (Å²) in [5.74, 6) is 1.56. The summed E-state index contributed by atoms with van der Waals surface area (Å²) in [6.45, 7) is 5.54. The zero-order valence-corrected chi connectivity index (χ0v) is 11.1. The fourth-order valence-corrected chi connectivity index (χ4v) is 2.12. The predicted octanol–water partition coefficient (Wildman–Crippen LogP) is 1.89. The van der Waals surface area contributed by atoms with Crippen molar-refractivity contribution in [2.75, 3.05) is 20.2 Å². The van der Waals surface area contributed by atoms with E-state index in [1.807, 2.05) is 6.07 Å². The highest BCUT2D eigenvalue weighted by molar-refractivity contribution is 5.40. The summed E-state index contributed by atoms with van der Waals surface area (Å²) in [6.07, 6.45) is 1.03. The van der Waals surface area contributed by atoms with Crippen LogP contribution in [0.5, 0.6) is 5.75 Å². The molecular weight excluding hydrogens is 212 g/mol. The fourth-order valence-electron chi connectivity index (χ4n) is 2.12. The highest BCUT2D eigenvalue weighted by Gasteiger charge is 2.19. The Morgan fingerprint density at radius 3 is 2.35 bits per heavy atom. The van der Waals surface area contributed by atoms with E-state index in [1.165, 1.54) is 11.1 Å². The van der Waals surface area contributed by atoms with Crippen LogP contribution in [0.2, 0.25) is 0 Å². The molecule has 0 aliphatic heterocycles.